The molecule has 0 aliphatic carbocycles. The molecule has 0 saturated carbocycles. The van der Waals surface area contributed by atoms with Crippen LogP contribution < -0.4 is 5.32 Å². The first-order valence-corrected chi connectivity index (χ1v) is 12.4. The fraction of sp³-hybridized carbons (Fsp3) is 0.720. The number of aliphatic hydroxyl groups is 1. The molecule has 8 heteroatoms. The Morgan fingerprint density at radius 3 is 2.73 bits per heavy atom. The van der Waals surface area contributed by atoms with Gasteiger partial charge in [0.25, 0.3) is 0 Å². The number of rotatable bonds is 8. The third kappa shape index (κ3) is 8.06. The van der Waals surface area contributed by atoms with Crippen LogP contribution in [0.2, 0.25) is 0 Å². The number of hydrogen-bond donors (Lipinski definition) is 2. The predicted octanol–water partition coefficient (Wildman–Crippen LogP) is 2.65. The van der Waals surface area contributed by atoms with Crippen LogP contribution in [0.25, 0.3) is 0 Å². The molecule has 2 N–H and O–H groups in total. The lowest BCUT2D eigenvalue weighted by molar-refractivity contribution is -0.0367. The molecular weight excluding hydrogens is 531 g/mol. The Bertz CT molecular complexity index is 736. The van der Waals surface area contributed by atoms with Crippen LogP contribution in [0.5, 0.6) is 0 Å². The van der Waals surface area contributed by atoms with E-state index in [4.69, 9.17) is 14.5 Å². The van der Waals surface area contributed by atoms with Crippen molar-refractivity contribution in [1.29, 1.82) is 0 Å². The van der Waals surface area contributed by atoms with Gasteiger partial charge in [0.2, 0.25) is 0 Å². The lowest BCUT2D eigenvalue weighted by Gasteiger charge is -2.34. The van der Waals surface area contributed by atoms with Gasteiger partial charge in [-0.3, -0.25) is 9.89 Å². The smallest absolute Gasteiger partial charge is 0.194 e. The van der Waals surface area contributed by atoms with Crippen molar-refractivity contribution in [3.8, 4) is 0 Å². The molecule has 3 aliphatic rings. The van der Waals surface area contributed by atoms with E-state index in [1.807, 2.05) is 0 Å². The molecule has 33 heavy (non-hydrogen) atoms. The number of nitrogens with one attached hydrogen (secondary N) is 1. The van der Waals surface area contributed by atoms with E-state index < -0.39 is 6.10 Å². The summed E-state index contributed by atoms with van der Waals surface area (Å²) in [6.07, 6.45) is 5.50. The fourth-order valence-corrected chi connectivity index (χ4v) is 4.94. The summed E-state index contributed by atoms with van der Waals surface area (Å²) in [5, 5.41) is 14.1. The largest absolute Gasteiger partial charge is 0.390 e. The molecule has 2 unspecified atom stereocenters. The second-order valence-electron chi connectivity index (χ2n) is 9.26. The second-order valence-corrected chi connectivity index (χ2v) is 9.26. The standard InChI is InChI=1S/C25H40N4O3.HI/c1-2-26-25(29-13-10-23(11-14-29)32-19-24-8-5-15-31-24)27-16-22(30)18-28-12-9-20-6-3-4-7-21(20)17-28;/h3-4,6-7,22-24,30H,2,5,8-19H2,1H3,(H,26,27);1H. The van der Waals surface area contributed by atoms with E-state index in [-0.39, 0.29) is 24.0 Å². The molecule has 4 rings (SSSR count). The zero-order valence-corrected chi connectivity index (χ0v) is 22.3. The fourth-order valence-electron chi connectivity index (χ4n) is 4.94. The van der Waals surface area contributed by atoms with Crippen molar-refractivity contribution in [3.63, 3.8) is 0 Å². The summed E-state index contributed by atoms with van der Waals surface area (Å²) in [7, 11) is 0. The maximum atomic E-state index is 10.7. The molecule has 2 saturated heterocycles. The molecule has 1 aromatic rings. The van der Waals surface area contributed by atoms with Crippen LogP contribution in [0.1, 0.15) is 43.7 Å². The Morgan fingerprint density at radius 1 is 1.21 bits per heavy atom. The number of aliphatic hydroxyl groups excluding tert-OH is 1. The van der Waals surface area contributed by atoms with Crippen LogP contribution in [0.4, 0.5) is 0 Å². The van der Waals surface area contributed by atoms with Gasteiger partial charge in [-0.2, -0.15) is 0 Å². The highest BCUT2D eigenvalue weighted by Gasteiger charge is 2.24. The van der Waals surface area contributed by atoms with Crippen molar-refractivity contribution in [2.24, 2.45) is 4.99 Å². The molecule has 0 bridgehead atoms. The predicted molar refractivity (Wildman–Crippen MR) is 142 cm³/mol. The summed E-state index contributed by atoms with van der Waals surface area (Å²) < 4.78 is 11.8. The lowest BCUT2D eigenvalue weighted by atomic mass is 10.00. The molecule has 3 heterocycles. The first kappa shape index (κ1) is 26.7. The Labute approximate surface area is 215 Å². The summed E-state index contributed by atoms with van der Waals surface area (Å²) in [5.74, 6) is 0.910. The normalized spacial score (nSPS) is 23.2. The zero-order chi connectivity index (χ0) is 22.2. The van der Waals surface area contributed by atoms with Crippen LogP contribution in [-0.2, 0) is 22.4 Å². The molecule has 7 nitrogen and oxygen atoms in total. The number of likely N-dealkylation sites (tertiary alicyclic amines) is 1. The third-order valence-corrected chi connectivity index (χ3v) is 6.75. The molecule has 2 fully saturated rings. The second kappa shape index (κ2) is 13.8. The highest BCUT2D eigenvalue weighted by atomic mass is 127. The van der Waals surface area contributed by atoms with Crippen LogP contribution in [0.15, 0.2) is 29.3 Å². The maximum Gasteiger partial charge on any atom is 0.194 e. The van der Waals surface area contributed by atoms with Crippen molar-refractivity contribution in [2.75, 3.05) is 52.5 Å². The molecule has 0 radical (unpaired) electrons. The van der Waals surface area contributed by atoms with E-state index in [9.17, 15) is 5.11 Å². The SMILES string of the molecule is CCNC(=NCC(O)CN1CCc2ccccc2C1)N1CCC(OCC2CCCO2)CC1.I. The topological polar surface area (TPSA) is 69.6 Å². The number of guanidine groups is 1. The van der Waals surface area contributed by atoms with E-state index in [0.29, 0.717) is 25.3 Å². The van der Waals surface area contributed by atoms with Gasteiger partial charge >= 0.3 is 0 Å². The Kier molecular flexibility index (Phi) is 11.2. The summed E-state index contributed by atoms with van der Waals surface area (Å²) in [6, 6.07) is 8.62. The summed E-state index contributed by atoms with van der Waals surface area (Å²) >= 11 is 0. The van der Waals surface area contributed by atoms with Gasteiger partial charge in [-0.05, 0) is 50.2 Å². The molecule has 186 valence electrons. The highest BCUT2D eigenvalue weighted by Crippen LogP contribution is 2.19. The van der Waals surface area contributed by atoms with Gasteiger partial charge in [0.05, 0.1) is 31.5 Å². The van der Waals surface area contributed by atoms with Crippen molar-refractivity contribution in [2.45, 2.75) is 63.9 Å². The average Bonchev–Trinajstić information content (AvgIpc) is 3.34. The summed E-state index contributed by atoms with van der Waals surface area (Å²) in [4.78, 5) is 9.42. The minimum atomic E-state index is -0.457. The van der Waals surface area contributed by atoms with Gasteiger partial charge in [0.1, 0.15) is 0 Å². The van der Waals surface area contributed by atoms with Crippen LogP contribution in [-0.4, -0.2) is 91.7 Å². The Balaban J connectivity index is 0.00000306. The van der Waals surface area contributed by atoms with Gasteiger partial charge < -0.3 is 24.8 Å². The van der Waals surface area contributed by atoms with E-state index >= 15 is 0 Å². The average molecular weight is 573 g/mol. The number of benzene rings is 1. The molecule has 0 spiro atoms. The van der Waals surface area contributed by atoms with Gasteiger partial charge in [-0.1, -0.05) is 24.3 Å². The lowest BCUT2D eigenvalue weighted by Crippen LogP contribution is -2.47. The van der Waals surface area contributed by atoms with Gasteiger partial charge in [-0.15, -0.1) is 24.0 Å². The van der Waals surface area contributed by atoms with Gasteiger partial charge in [0, 0.05) is 45.9 Å². The van der Waals surface area contributed by atoms with Crippen molar-refractivity contribution < 1.29 is 14.6 Å². The van der Waals surface area contributed by atoms with E-state index in [1.165, 1.54) is 11.1 Å². The highest BCUT2D eigenvalue weighted by molar-refractivity contribution is 14.0. The number of ether oxygens (including phenoxy) is 2. The molecule has 1 aromatic carbocycles. The van der Waals surface area contributed by atoms with Crippen LogP contribution >= 0.6 is 24.0 Å². The van der Waals surface area contributed by atoms with Gasteiger partial charge in [-0.25, -0.2) is 0 Å². The van der Waals surface area contributed by atoms with E-state index in [0.717, 1.165) is 84.0 Å². The third-order valence-electron chi connectivity index (χ3n) is 6.75. The number of halogens is 1. The monoisotopic (exact) mass is 572 g/mol. The van der Waals surface area contributed by atoms with Crippen molar-refractivity contribution >= 4 is 29.9 Å². The van der Waals surface area contributed by atoms with Crippen molar-refractivity contribution in [1.82, 2.24) is 15.1 Å². The first-order valence-electron chi connectivity index (χ1n) is 12.4. The number of hydrogen-bond acceptors (Lipinski definition) is 5. The zero-order valence-electron chi connectivity index (χ0n) is 20.0. The summed E-state index contributed by atoms with van der Waals surface area (Å²) in [6.45, 7) is 9.39. The van der Waals surface area contributed by atoms with E-state index in [1.54, 1.807) is 0 Å². The molecule has 2 atom stereocenters. The van der Waals surface area contributed by atoms with Crippen LogP contribution in [0.3, 0.4) is 0 Å². The number of piperidine rings is 1. The van der Waals surface area contributed by atoms with Crippen LogP contribution in [0, 0.1) is 0 Å². The molecule has 0 amide bonds. The maximum absolute atomic E-state index is 10.7. The minimum Gasteiger partial charge on any atom is -0.390 e. The summed E-state index contributed by atoms with van der Waals surface area (Å²) in [5.41, 5.74) is 2.82. The quantitative estimate of drug-likeness (QED) is 0.284. The Morgan fingerprint density at radius 2 is 2.00 bits per heavy atom. The number of aliphatic imine (C=N–C) groups is 1. The van der Waals surface area contributed by atoms with E-state index in [2.05, 4.69) is 46.3 Å². The molecule has 3 aliphatic heterocycles. The number of β-amino-alcohol motifs (C(OH)–C–C–N with tert-alkyl or cyclic N) is 1. The molecule has 0 aromatic heterocycles. The Hall–Kier alpha value is -0.940. The number of fused-ring (bicyclic) bond motifs is 1. The number of nitrogens with zero attached hydrogens (tertiary/aromatic N) is 3. The molecular formula is C25H41IN4O3. The minimum absolute atomic E-state index is 0. The van der Waals surface area contributed by atoms with Gasteiger partial charge in [0.15, 0.2) is 5.96 Å². The first-order chi connectivity index (χ1) is 15.7. The van der Waals surface area contributed by atoms with Crippen molar-refractivity contribution in [3.05, 3.63) is 35.4 Å².